The number of nitrogens with zero attached hydrogens (tertiary/aromatic N) is 1. The zero-order valence-corrected chi connectivity index (χ0v) is 12.5. The Kier molecular flexibility index (Phi) is 4.21. The molecule has 2 rings (SSSR count). The molecular formula is C15H28N2O2. The molecular weight excluding hydrogens is 240 g/mol. The Morgan fingerprint density at radius 2 is 1.84 bits per heavy atom. The average Bonchev–Trinajstić information content (AvgIpc) is 3.17. The zero-order chi connectivity index (χ0) is 14.1. The summed E-state index contributed by atoms with van der Waals surface area (Å²) in [5, 5.41) is 13.6. The van der Waals surface area contributed by atoms with Crippen LogP contribution in [0.15, 0.2) is 0 Å². The normalized spacial score (nSPS) is 25.1. The van der Waals surface area contributed by atoms with Crippen molar-refractivity contribution in [1.29, 1.82) is 0 Å². The summed E-state index contributed by atoms with van der Waals surface area (Å²) < 4.78 is 0. The molecule has 0 unspecified atom stereocenters. The summed E-state index contributed by atoms with van der Waals surface area (Å²) in [6, 6.07) is 0.466. The SMILES string of the molecule is CN(C(=O)CNCC1(O)CCC(C)(C)CC1)C1CC1. The van der Waals surface area contributed by atoms with Gasteiger partial charge in [-0.2, -0.15) is 0 Å². The Labute approximate surface area is 116 Å². The van der Waals surface area contributed by atoms with Crippen molar-refractivity contribution in [2.24, 2.45) is 5.41 Å². The highest BCUT2D eigenvalue weighted by molar-refractivity contribution is 5.78. The molecule has 4 heteroatoms. The number of amides is 1. The highest BCUT2D eigenvalue weighted by atomic mass is 16.3. The summed E-state index contributed by atoms with van der Waals surface area (Å²) in [6.07, 6.45) is 6.06. The lowest BCUT2D eigenvalue weighted by Crippen LogP contribution is -2.47. The molecule has 0 radical (unpaired) electrons. The van der Waals surface area contributed by atoms with Gasteiger partial charge in [0.05, 0.1) is 12.1 Å². The van der Waals surface area contributed by atoms with Crippen LogP contribution in [0.4, 0.5) is 0 Å². The number of rotatable bonds is 5. The fourth-order valence-corrected chi connectivity index (χ4v) is 2.76. The monoisotopic (exact) mass is 268 g/mol. The number of likely N-dealkylation sites (N-methyl/N-ethyl adjacent to an activating group) is 1. The van der Waals surface area contributed by atoms with Crippen molar-refractivity contribution >= 4 is 5.91 Å². The molecule has 0 aromatic rings. The largest absolute Gasteiger partial charge is 0.389 e. The van der Waals surface area contributed by atoms with Crippen molar-refractivity contribution in [2.45, 2.75) is 64.0 Å². The van der Waals surface area contributed by atoms with Gasteiger partial charge in [-0.15, -0.1) is 0 Å². The maximum Gasteiger partial charge on any atom is 0.236 e. The summed E-state index contributed by atoms with van der Waals surface area (Å²) in [5.74, 6) is 0.141. The quantitative estimate of drug-likeness (QED) is 0.795. The number of hydrogen-bond acceptors (Lipinski definition) is 3. The van der Waals surface area contributed by atoms with Crippen LogP contribution in [0.2, 0.25) is 0 Å². The second-order valence-electron chi connectivity index (χ2n) is 7.23. The van der Waals surface area contributed by atoms with Gasteiger partial charge in [-0.25, -0.2) is 0 Å². The lowest BCUT2D eigenvalue weighted by atomic mass is 9.71. The molecule has 0 aliphatic heterocycles. The number of carbonyl (C=O) groups is 1. The molecule has 2 aliphatic carbocycles. The molecule has 0 bridgehead atoms. The van der Waals surface area contributed by atoms with Gasteiger partial charge in [-0.05, 0) is 43.9 Å². The van der Waals surface area contributed by atoms with Crippen LogP contribution in [0, 0.1) is 5.41 Å². The molecule has 2 fully saturated rings. The fourth-order valence-electron chi connectivity index (χ4n) is 2.76. The first-order valence-corrected chi connectivity index (χ1v) is 7.50. The Morgan fingerprint density at radius 1 is 1.26 bits per heavy atom. The lowest BCUT2D eigenvalue weighted by molar-refractivity contribution is -0.129. The van der Waals surface area contributed by atoms with E-state index in [4.69, 9.17) is 0 Å². The van der Waals surface area contributed by atoms with Gasteiger partial charge in [0.1, 0.15) is 0 Å². The number of aliphatic hydroxyl groups is 1. The lowest BCUT2D eigenvalue weighted by Gasteiger charge is -2.40. The smallest absolute Gasteiger partial charge is 0.236 e. The van der Waals surface area contributed by atoms with E-state index in [-0.39, 0.29) is 5.91 Å². The van der Waals surface area contributed by atoms with Gasteiger partial charge in [0.15, 0.2) is 0 Å². The molecule has 110 valence electrons. The zero-order valence-electron chi connectivity index (χ0n) is 12.5. The predicted molar refractivity (Wildman–Crippen MR) is 75.9 cm³/mol. The van der Waals surface area contributed by atoms with Crippen LogP contribution in [0.25, 0.3) is 0 Å². The van der Waals surface area contributed by atoms with E-state index >= 15 is 0 Å². The van der Waals surface area contributed by atoms with E-state index in [9.17, 15) is 9.90 Å². The average molecular weight is 268 g/mol. The highest BCUT2D eigenvalue weighted by Crippen LogP contribution is 2.39. The van der Waals surface area contributed by atoms with Crippen molar-refractivity contribution in [3.05, 3.63) is 0 Å². The summed E-state index contributed by atoms with van der Waals surface area (Å²) >= 11 is 0. The third-order valence-corrected chi connectivity index (χ3v) is 4.75. The molecule has 2 saturated carbocycles. The fraction of sp³-hybridized carbons (Fsp3) is 0.933. The van der Waals surface area contributed by atoms with E-state index in [1.54, 1.807) is 0 Å². The van der Waals surface area contributed by atoms with Gasteiger partial charge in [0.25, 0.3) is 0 Å². The Bertz CT molecular complexity index is 327. The number of hydrogen-bond donors (Lipinski definition) is 2. The maximum atomic E-state index is 11.9. The van der Waals surface area contributed by atoms with Gasteiger partial charge < -0.3 is 15.3 Å². The minimum atomic E-state index is -0.617. The standard InChI is InChI=1S/C15H28N2O2/c1-14(2)6-8-15(19,9-7-14)11-16-10-13(18)17(3)12-4-5-12/h12,16,19H,4-11H2,1-3H3. The second-order valence-corrected chi connectivity index (χ2v) is 7.23. The van der Waals surface area contributed by atoms with Crippen molar-refractivity contribution in [3.63, 3.8) is 0 Å². The second kappa shape index (κ2) is 5.41. The molecule has 0 spiro atoms. The Balaban J connectivity index is 1.69. The van der Waals surface area contributed by atoms with Gasteiger partial charge in [0, 0.05) is 19.6 Å². The first kappa shape index (κ1) is 14.8. The van der Waals surface area contributed by atoms with Gasteiger partial charge in [0.2, 0.25) is 5.91 Å². The third-order valence-electron chi connectivity index (χ3n) is 4.75. The Hall–Kier alpha value is -0.610. The molecule has 2 N–H and O–H groups in total. The number of carbonyl (C=O) groups excluding carboxylic acids is 1. The van der Waals surface area contributed by atoms with E-state index in [1.807, 2.05) is 11.9 Å². The van der Waals surface area contributed by atoms with Gasteiger partial charge in [-0.1, -0.05) is 13.8 Å². The predicted octanol–water partition coefficient (Wildman–Crippen LogP) is 1.53. The summed E-state index contributed by atoms with van der Waals surface area (Å²) in [4.78, 5) is 13.7. The van der Waals surface area contributed by atoms with E-state index in [1.165, 1.54) is 0 Å². The molecule has 1 amide bonds. The van der Waals surface area contributed by atoms with Gasteiger partial charge in [-0.3, -0.25) is 4.79 Å². The van der Waals surface area contributed by atoms with E-state index in [0.29, 0.717) is 24.5 Å². The molecule has 2 aliphatic rings. The van der Waals surface area contributed by atoms with Crippen LogP contribution in [0.3, 0.4) is 0 Å². The third kappa shape index (κ3) is 4.18. The molecule has 19 heavy (non-hydrogen) atoms. The van der Waals surface area contributed by atoms with Crippen LogP contribution in [-0.2, 0) is 4.79 Å². The minimum absolute atomic E-state index is 0.141. The summed E-state index contributed by atoms with van der Waals surface area (Å²) in [5.41, 5.74) is -0.262. The number of nitrogens with one attached hydrogen (secondary N) is 1. The topological polar surface area (TPSA) is 52.6 Å². The molecule has 4 nitrogen and oxygen atoms in total. The van der Waals surface area contributed by atoms with Crippen molar-refractivity contribution < 1.29 is 9.90 Å². The van der Waals surface area contributed by atoms with Crippen molar-refractivity contribution in [2.75, 3.05) is 20.1 Å². The molecule has 0 aromatic heterocycles. The molecule has 0 saturated heterocycles. The summed E-state index contributed by atoms with van der Waals surface area (Å²) in [7, 11) is 1.87. The van der Waals surface area contributed by atoms with Crippen molar-refractivity contribution in [1.82, 2.24) is 10.2 Å². The van der Waals surface area contributed by atoms with Crippen molar-refractivity contribution in [3.8, 4) is 0 Å². The first-order valence-electron chi connectivity index (χ1n) is 7.50. The highest BCUT2D eigenvalue weighted by Gasteiger charge is 2.36. The molecule has 0 atom stereocenters. The molecule has 0 heterocycles. The molecule has 0 aromatic carbocycles. The van der Waals surface area contributed by atoms with Gasteiger partial charge >= 0.3 is 0 Å². The van der Waals surface area contributed by atoms with Crippen LogP contribution < -0.4 is 5.32 Å². The minimum Gasteiger partial charge on any atom is -0.389 e. The van der Waals surface area contributed by atoms with Crippen LogP contribution >= 0.6 is 0 Å². The first-order chi connectivity index (χ1) is 8.81. The van der Waals surface area contributed by atoms with Crippen LogP contribution in [-0.4, -0.2) is 47.7 Å². The van der Waals surface area contributed by atoms with E-state index in [2.05, 4.69) is 19.2 Å². The Morgan fingerprint density at radius 3 is 2.37 bits per heavy atom. The van der Waals surface area contributed by atoms with Crippen LogP contribution in [0.1, 0.15) is 52.4 Å². The van der Waals surface area contributed by atoms with E-state index < -0.39 is 5.60 Å². The summed E-state index contributed by atoms with van der Waals surface area (Å²) in [6.45, 7) is 5.40. The maximum absolute atomic E-state index is 11.9. The van der Waals surface area contributed by atoms with Crippen LogP contribution in [0.5, 0.6) is 0 Å². The van der Waals surface area contributed by atoms with E-state index in [0.717, 1.165) is 38.5 Å².